The number of hydrogen-bond acceptors (Lipinski definition) is 4. The predicted octanol–water partition coefficient (Wildman–Crippen LogP) is 2.25. The summed E-state index contributed by atoms with van der Waals surface area (Å²) in [6, 6.07) is 5.24. The Bertz CT molecular complexity index is 578. The second-order valence-electron chi connectivity index (χ2n) is 4.66. The zero-order valence-corrected chi connectivity index (χ0v) is 11.8. The van der Waals surface area contributed by atoms with E-state index in [1.807, 2.05) is 19.9 Å². The SMILES string of the molecule is CC(C)N(CCC#N)C(=O)Nc1ccc(C(=O)O)c(O)c1. The highest BCUT2D eigenvalue weighted by molar-refractivity contribution is 5.94. The molecule has 0 aliphatic carbocycles. The molecule has 21 heavy (non-hydrogen) atoms. The zero-order chi connectivity index (χ0) is 16.0. The molecule has 0 saturated heterocycles. The van der Waals surface area contributed by atoms with E-state index in [9.17, 15) is 14.7 Å². The number of urea groups is 1. The first-order chi connectivity index (χ1) is 9.86. The summed E-state index contributed by atoms with van der Waals surface area (Å²) in [5, 5.41) is 29.5. The molecule has 1 rings (SSSR count). The Hall–Kier alpha value is -2.75. The number of nitrogens with zero attached hydrogens (tertiary/aromatic N) is 2. The lowest BCUT2D eigenvalue weighted by Gasteiger charge is -2.26. The van der Waals surface area contributed by atoms with Crippen molar-refractivity contribution in [3.63, 3.8) is 0 Å². The summed E-state index contributed by atoms with van der Waals surface area (Å²) in [5.74, 6) is -1.67. The van der Waals surface area contributed by atoms with E-state index in [0.29, 0.717) is 6.54 Å². The van der Waals surface area contributed by atoms with Gasteiger partial charge in [0.15, 0.2) is 0 Å². The second-order valence-corrected chi connectivity index (χ2v) is 4.66. The van der Waals surface area contributed by atoms with Crippen molar-refractivity contribution in [1.82, 2.24) is 4.90 Å². The number of carboxylic acid groups (broad SMARTS) is 1. The van der Waals surface area contributed by atoms with Crippen LogP contribution in [-0.2, 0) is 0 Å². The van der Waals surface area contributed by atoms with Crippen molar-refractivity contribution in [3.8, 4) is 11.8 Å². The van der Waals surface area contributed by atoms with Gasteiger partial charge in [0.25, 0.3) is 0 Å². The van der Waals surface area contributed by atoms with Crippen molar-refractivity contribution in [2.24, 2.45) is 0 Å². The van der Waals surface area contributed by atoms with Crippen molar-refractivity contribution in [2.45, 2.75) is 26.3 Å². The van der Waals surface area contributed by atoms with Crippen molar-refractivity contribution in [3.05, 3.63) is 23.8 Å². The van der Waals surface area contributed by atoms with Gasteiger partial charge in [-0.15, -0.1) is 0 Å². The first-order valence-electron chi connectivity index (χ1n) is 6.37. The number of anilines is 1. The highest BCUT2D eigenvalue weighted by atomic mass is 16.4. The van der Waals surface area contributed by atoms with E-state index < -0.39 is 17.7 Å². The third-order valence-electron chi connectivity index (χ3n) is 2.83. The van der Waals surface area contributed by atoms with Crippen LogP contribution in [0, 0.1) is 11.3 Å². The summed E-state index contributed by atoms with van der Waals surface area (Å²) in [5.41, 5.74) is 0.0447. The maximum absolute atomic E-state index is 12.1. The molecule has 0 atom stereocenters. The molecule has 2 amide bonds. The monoisotopic (exact) mass is 291 g/mol. The fourth-order valence-electron chi connectivity index (χ4n) is 1.75. The van der Waals surface area contributed by atoms with Crippen molar-refractivity contribution >= 4 is 17.7 Å². The van der Waals surface area contributed by atoms with Gasteiger partial charge < -0.3 is 20.4 Å². The largest absolute Gasteiger partial charge is 0.507 e. The Morgan fingerprint density at radius 3 is 2.57 bits per heavy atom. The van der Waals surface area contributed by atoms with Crippen LogP contribution in [0.4, 0.5) is 10.5 Å². The Labute approximate surface area is 122 Å². The number of rotatable bonds is 5. The fourth-order valence-corrected chi connectivity index (χ4v) is 1.75. The number of aromatic carboxylic acids is 1. The molecular weight excluding hydrogens is 274 g/mol. The minimum Gasteiger partial charge on any atom is -0.507 e. The Morgan fingerprint density at radius 1 is 1.43 bits per heavy atom. The molecule has 0 heterocycles. The summed E-state index contributed by atoms with van der Waals surface area (Å²) >= 11 is 0. The molecule has 1 aromatic carbocycles. The van der Waals surface area contributed by atoms with Gasteiger partial charge in [0.05, 0.1) is 12.5 Å². The molecular formula is C14H17N3O4. The van der Waals surface area contributed by atoms with Gasteiger partial charge in [-0.3, -0.25) is 0 Å². The van der Waals surface area contributed by atoms with Gasteiger partial charge >= 0.3 is 12.0 Å². The van der Waals surface area contributed by atoms with Gasteiger partial charge in [0.1, 0.15) is 11.3 Å². The Balaban J connectivity index is 2.84. The van der Waals surface area contributed by atoms with Crippen LogP contribution < -0.4 is 5.32 Å². The molecule has 3 N–H and O–H groups in total. The maximum Gasteiger partial charge on any atom is 0.339 e. The third-order valence-corrected chi connectivity index (χ3v) is 2.83. The number of aromatic hydroxyl groups is 1. The zero-order valence-electron chi connectivity index (χ0n) is 11.8. The number of carbonyl (C=O) groups excluding carboxylic acids is 1. The maximum atomic E-state index is 12.1. The first-order valence-corrected chi connectivity index (χ1v) is 6.37. The molecule has 0 aliphatic rings. The van der Waals surface area contributed by atoms with E-state index in [1.165, 1.54) is 23.1 Å². The number of phenols is 1. The van der Waals surface area contributed by atoms with Crippen LogP contribution in [0.2, 0.25) is 0 Å². The average Bonchev–Trinajstić information content (AvgIpc) is 2.38. The lowest BCUT2D eigenvalue weighted by Crippen LogP contribution is -2.40. The highest BCUT2D eigenvalue weighted by Crippen LogP contribution is 2.22. The van der Waals surface area contributed by atoms with E-state index in [2.05, 4.69) is 5.32 Å². The number of nitriles is 1. The molecule has 112 valence electrons. The van der Waals surface area contributed by atoms with Crippen molar-refractivity contribution in [1.29, 1.82) is 5.26 Å². The molecule has 7 nitrogen and oxygen atoms in total. The smallest absolute Gasteiger partial charge is 0.339 e. The molecule has 0 bridgehead atoms. The van der Waals surface area contributed by atoms with Gasteiger partial charge in [0, 0.05) is 24.3 Å². The molecule has 0 saturated carbocycles. The Kier molecular flexibility index (Phi) is 5.55. The molecule has 0 radical (unpaired) electrons. The molecule has 0 aromatic heterocycles. The average molecular weight is 291 g/mol. The number of carbonyl (C=O) groups is 2. The predicted molar refractivity (Wildman–Crippen MR) is 76.2 cm³/mol. The van der Waals surface area contributed by atoms with Gasteiger partial charge in [-0.05, 0) is 26.0 Å². The number of nitrogens with one attached hydrogen (secondary N) is 1. The molecule has 0 fully saturated rings. The van der Waals surface area contributed by atoms with Crippen molar-refractivity contribution < 1.29 is 19.8 Å². The molecule has 0 aliphatic heterocycles. The molecule has 0 spiro atoms. The fraction of sp³-hybridized carbons (Fsp3) is 0.357. The van der Waals surface area contributed by atoms with E-state index >= 15 is 0 Å². The van der Waals surface area contributed by atoms with E-state index in [4.69, 9.17) is 10.4 Å². The normalized spacial score (nSPS) is 10.0. The summed E-state index contributed by atoms with van der Waals surface area (Å²) in [6.07, 6.45) is 0.217. The van der Waals surface area contributed by atoms with Crippen LogP contribution in [0.25, 0.3) is 0 Å². The number of benzene rings is 1. The van der Waals surface area contributed by atoms with E-state index in [0.717, 1.165) is 0 Å². The van der Waals surface area contributed by atoms with Gasteiger partial charge in [-0.2, -0.15) is 5.26 Å². The summed E-state index contributed by atoms with van der Waals surface area (Å²) < 4.78 is 0. The quantitative estimate of drug-likeness (QED) is 0.769. The van der Waals surface area contributed by atoms with Crippen LogP contribution in [-0.4, -0.2) is 39.7 Å². The Morgan fingerprint density at radius 2 is 2.10 bits per heavy atom. The lowest BCUT2D eigenvalue weighted by molar-refractivity contribution is 0.0693. The van der Waals surface area contributed by atoms with Crippen LogP contribution >= 0.6 is 0 Å². The van der Waals surface area contributed by atoms with Crippen molar-refractivity contribution in [2.75, 3.05) is 11.9 Å². The van der Waals surface area contributed by atoms with Crippen LogP contribution in [0.15, 0.2) is 18.2 Å². The van der Waals surface area contributed by atoms with Gasteiger partial charge in [-0.25, -0.2) is 9.59 Å². The summed E-state index contributed by atoms with van der Waals surface area (Å²) in [6.45, 7) is 3.93. The standard InChI is InChI=1S/C14H17N3O4/c1-9(2)17(7-3-6-15)14(21)16-10-4-5-11(13(19)20)12(18)8-10/h4-5,8-9,18H,3,7H2,1-2H3,(H,16,21)(H,19,20). The molecule has 7 heteroatoms. The van der Waals surface area contributed by atoms with E-state index in [-0.39, 0.29) is 23.7 Å². The van der Waals surface area contributed by atoms with E-state index in [1.54, 1.807) is 0 Å². The number of hydrogen-bond donors (Lipinski definition) is 3. The number of carboxylic acids is 1. The molecule has 0 unspecified atom stereocenters. The minimum absolute atomic E-state index is 0.0924. The highest BCUT2D eigenvalue weighted by Gasteiger charge is 2.17. The third kappa shape index (κ3) is 4.38. The van der Waals surface area contributed by atoms with Crippen LogP contribution in [0.3, 0.4) is 0 Å². The topological polar surface area (TPSA) is 114 Å². The second kappa shape index (κ2) is 7.14. The first kappa shape index (κ1) is 16.3. The minimum atomic E-state index is -1.25. The van der Waals surface area contributed by atoms with Crippen LogP contribution in [0.1, 0.15) is 30.6 Å². The van der Waals surface area contributed by atoms with Gasteiger partial charge in [-0.1, -0.05) is 0 Å². The summed E-state index contributed by atoms with van der Waals surface area (Å²) in [4.78, 5) is 24.4. The molecule has 1 aromatic rings. The summed E-state index contributed by atoms with van der Waals surface area (Å²) in [7, 11) is 0. The number of amides is 2. The lowest BCUT2D eigenvalue weighted by atomic mass is 10.2. The van der Waals surface area contributed by atoms with Crippen LogP contribution in [0.5, 0.6) is 5.75 Å². The van der Waals surface area contributed by atoms with Gasteiger partial charge in [0.2, 0.25) is 0 Å².